The van der Waals surface area contributed by atoms with Crippen molar-refractivity contribution in [3.8, 4) is 5.75 Å². The van der Waals surface area contributed by atoms with Crippen LogP contribution in [0.1, 0.15) is 13.3 Å². The van der Waals surface area contributed by atoms with E-state index in [4.69, 9.17) is 16.3 Å². The molecule has 6 nitrogen and oxygen atoms in total. The van der Waals surface area contributed by atoms with Gasteiger partial charge in [0, 0.05) is 23.6 Å². The van der Waals surface area contributed by atoms with E-state index in [9.17, 15) is 9.18 Å². The number of fused-ring (bicyclic) bond motifs is 1. The molecule has 0 saturated carbocycles. The molecule has 1 heterocycles. The number of amides is 1. The number of carbonyl (C=O) groups excluding carboxylic acids is 1. The second-order valence-corrected chi connectivity index (χ2v) is 5.85. The number of anilines is 3. The molecule has 1 amide bonds. The molecule has 8 heteroatoms. The van der Waals surface area contributed by atoms with Crippen LogP contribution >= 0.6 is 11.6 Å². The second kappa shape index (κ2) is 7.53. The Morgan fingerprint density at radius 3 is 2.77 bits per heavy atom. The summed E-state index contributed by atoms with van der Waals surface area (Å²) in [6, 6.07) is 7.73. The van der Waals surface area contributed by atoms with Gasteiger partial charge in [-0.25, -0.2) is 14.4 Å². The van der Waals surface area contributed by atoms with Gasteiger partial charge in [-0.1, -0.05) is 18.5 Å². The Labute approximate surface area is 154 Å². The third-order valence-electron chi connectivity index (χ3n) is 3.73. The van der Waals surface area contributed by atoms with Crippen molar-refractivity contribution in [2.45, 2.75) is 13.3 Å². The zero-order chi connectivity index (χ0) is 18.7. The molecule has 2 aromatic carbocycles. The van der Waals surface area contributed by atoms with Crippen LogP contribution in [-0.2, 0) is 4.79 Å². The van der Waals surface area contributed by atoms with Crippen LogP contribution in [0.15, 0.2) is 36.7 Å². The molecule has 0 aliphatic rings. The minimum Gasteiger partial charge on any atom is -0.494 e. The van der Waals surface area contributed by atoms with E-state index >= 15 is 0 Å². The lowest BCUT2D eigenvalue weighted by molar-refractivity contribution is -0.115. The summed E-state index contributed by atoms with van der Waals surface area (Å²) in [5, 5.41) is 6.56. The number of hydrogen-bond acceptors (Lipinski definition) is 5. The van der Waals surface area contributed by atoms with E-state index in [1.54, 1.807) is 25.1 Å². The third kappa shape index (κ3) is 3.67. The molecular weight excluding hydrogens is 359 g/mol. The number of carbonyl (C=O) groups is 1. The molecular formula is C18H16ClFN4O2. The van der Waals surface area contributed by atoms with Gasteiger partial charge >= 0.3 is 0 Å². The van der Waals surface area contributed by atoms with Crippen LogP contribution in [0.5, 0.6) is 5.75 Å². The van der Waals surface area contributed by atoms with Gasteiger partial charge in [0.05, 0.1) is 23.3 Å². The first-order valence-electron chi connectivity index (χ1n) is 7.86. The number of nitrogens with zero attached hydrogens (tertiary/aromatic N) is 2. The van der Waals surface area contributed by atoms with Gasteiger partial charge in [-0.2, -0.15) is 0 Å². The average molecular weight is 375 g/mol. The molecule has 0 spiro atoms. The first-order chi connectivity index (χ1) is 12.5. The fourth-order valence-electron chi connectivity index (χ4n) is 2.40. The third-order valence-corrected chi connectivity index (χ3v) is 4.02. The van der Waals surface area contributed by atoms with E-state index < -0.39 is 5.82 Å². The number of hydrogen-bond donors (Lipinski definition) is 2. The van der Waals surface area contributed by atoms with E-state index in [1.165, 1.54) is 25.6 Å². The van der Waals surface area contributed by atoms with Gasteiger partial charge in [-0.15, -0.1) is 0 Å². The fraction of sp³-hybridized carbons (Fsp3) is 0.167. The highest BCUT2D eigenvalue weighted by molar-refractivity contribution is 6.31. The Morgan fingerprint density at radius 1 is 1.27 bits per heavy atom. The number of ether oxygens (including phenoxy) is 1. The van der Waals surface area contributed by atoms with Crippen LogP contribution in [0.2, 0.25) is 5.02 Å². The number of halogens is 2. The van der Waals surface area contributed by atoms with Crippen molar-refractivity contribution in [3.63, 3.8) is 0 Å². The Hall–Kier alpha value is -2.93. The molecule has 0 saturated heterocycles. The average Bonchev–Trinajstić information content (AvgIpc) is 2.64. The molecule has 0 atom stereocenters. The van der Waals surface area contributed by atoms with Crippen LogP contribution in [-0.4, -0.2) is 23.0 Å². The van der Waals surface area contributed by atoms with Crippen LogP contribution in [0, 0.1) is 5.82 Å². The normalized spacial score (nSPS) is 10.6. The summed E-state index contributed by atoms with van der Waals surface area (Å²) in [7, 11) is 1.52. The molecule has 1 aromatic heterocycles. The number of benzene rings is 2. The summed E-state index contributed by atoms with van der Waals surface area (Å²) in [4.78, 5) is 20.2. The molecule has 0 aliphatic carbocycles. The van der Waals surface area contributed by atoms with E-state index in [2.05, 4.69) is 20.6 Å². The van der Waals surface area contributed by atoms with Gasteiger partial charge in [0.15, 0.2) is 0 Å². The van der Waals surface area contributed by atoms with Crippen molar-refractivity contribution in [1.82, 2.24) is 9.97 Å². The zero-order valence-electron chi connectivity index (χ0n) is 14.1. The maximum atomic E-state index is 13.3. The van der Waals surface area contributed by atoms with Crippen molar-refractivity contribution in [2.75, 3.05) is 17.7 Å². The molecule has 134 valence electrons. The highest BCUT2D eigenvalue weighted by Gasteiger charge is 2.13. The highest BCUT2D eigenvalue weighted by atomic mass is 35.5. The molecule has 0 aliphatic heterocycles. The molecule has 3 aromatic rings. The Morgan fingerprint density at radius 2 is 2.08 bits per heavy atom. The molecule has 2 N–H and O–H groups in total. The second-order valence-electron chi connectivity index (χ2n) is 5.45. The topological polar surface area (TPSA) is 76.1 Å². The molecule has 0 unspecified atom stereocenters. The van der Waals surface area contributed by atoms with Gasteiger partial charge in [0.1, 0.15) is 23.7 Å². The van der Waals surface area contributed by atoms with Crippen molar-refractivity contribution in [1.29, 1.82) is 0 Å². The summed E-state index contributed by atoms with van der Waals surface area (Å²) in [6.07, 6.45) is 1.74. The minimum absolute atomic E-state index is 0.00549. The Balaban J connectivity index is 2.06. The van der Waals surface area contributed by atoms with E-state index in [0.717, 1.165) is 0 Å². The number of nitrogens with one attached hydrogen (secondary N) is 2. The smallest absolute Gasteiger partial charge is 0.224 e. The Bertz CT molecular complexity index is 981. The van der Waals surface area contributed by atoms with Gasteiger partial charge in [-0.05, 0) is 24.3 Å². The largest absolute Gasteiger partial charge is 0.494 e. The van der Waals surface area contributed by atoms with Crippen LogP contribution in [0.25, 0.3) is 10.9 Å². The minimum atomic E-state index is -0.501. The van der Waals surface area contributed by atoms with Crippen molar-refractivity contribution < 1.29 is 13.9 Å². The van der Waals surface area contributed by atoms with E-state index in [-0.39, 0.29) is 10.9 Å². The quantitative estimate of drug-likeness (QED) is 0.686. The standard InChI is InChI=1S/C18H16ClFN4O2/c1-3-17(25)24-15-7-11-14(8-16(15)26-2)21-9-22-18(11)23-10-4-5-13(20)12(19)6-10/h4-9H,3H2,1-2H3,(H,24,25)(H,21,22,23). The highest BCUT2D eigenvalue weighted by Crippen LogP contribution is 2.33. The lowest BCUT2D eigenvalue weighted by Crippen LogP contribution is -2.10. The molecule has 0 radical (unpaired) electrons. The Kier molecular flexibility index (Phi) is 5.18. The SMILES string of the molecule is CCC(=O)Nc1cc2c(Nc3ccc(F)c(Cl)c3)ncnc2cc1OC. The van der Waals surface area contributed by atoms with Gasteiger partial charge in [0.2, 0.25) is 5.91 Å². The summed E-state index contributed by atoms with van der Waals surface area (Å²) in [5.74, 6) is 0.347. The number of rotatable bonds is 5. The lowest BCUT2D eigenvalue weighted by Gasteiger charge is -2.13. The molecule has 0 bridgehead atoms. The predicted molar refractivity (Wildman–Crippen MR) is 99.7 cm³/mol. The number of methoxy groups -OCH3 is 1. The zero-order valence-corrected chi connectivity index (χ0v) is 14.9. The summed E-state index contributed by atoms with van der Waals surface area (Å²) >= 11 is 5.82. The fourth-order valence-corrected chi connectivity index (χ4v) is 2.58. The molecule has 3 rings (SSSR count). The summed E-state index contributed by atoms with van der Waals surface area (Å²) in [5.41, 5.74) is 1.72. The van der Waals surface area contributed by atoms with E-state index in [0.29, 0.717) is 40.3 Å². The van der Waals surface area contributed by atoms with Gasteiger partial charge in [-0.3, -0.25) is 4.79 Å². The monoisotopic (exact) mass is 374 g/mol. The first-order valence-corrected chi connectivity index (χ1v) is 8.24. The first kappa shape index (κ1) is 17.9. The van der Waals surface area contributed by atoms with Gasteiger partial charge < -0.3 is 15.4 Å². The lowest BCUT2D eigenvalue weighted by atomic mass is 10.1. The van der Waals surface area contributed by atoms with Crippen LogP contribution < -0.4 is 15.4 Å². The van der Waals surface area contributed by atoms with E-state index in [1.807, 2.05) is 0 Å². The molecule has 0 fully saturated rings. The van der Waals surface area contributed by atoms with Gasteiger partial charge in [0.25, 0.3) is 0 Å². The predicted octanol–water partition coefficient (Wildman–Crippen LogP) is 4.52. The number of aromatic nitrogens is 2. The van der Waals surface area contributed by atoms with Crippen molar-refractivity contribution in [2.24, 2.45) is 0 Å². The van der Waals surface area contributed by atoms with Crippen LogP contribution in [0.3, 0.4) is 0 Å². The molecule has 26 heavy (non-hydrogen) atoms. The van der Waals surface area contributed by atoms with Crippen molar-refractivity contribution in [3.05, 3.63) is 47.5 Å². The summed E-state index contributed by atoms with van der Waals surface area (Å²) in [6.45, 7) is 1.76. The maximum absolute atomic E-state index is 13.3. The van der Waals surface area contributed by atoms with Crippen molar-refractivity contribution >= 4 is 45.6 Å². The van der Waals surface area contributed by atoms with Crippen LogP contribution in [0.4, 0.5) is 21.6 Å². The summed E-state index contributed by atoms with van der Waals surface area (Å²) < 4.78 is 18.7. The maximum Gasteiger partial charge on any atom is 0.224 e.